The van der Waals surface area contributed by atoms with Crippen LogP contribution in [0.15, 0.2) is 29.2 Å². The van der Waals surface area contributed by atoms with E-state index in [0.29, 0.717) is 12.8 Å². The summed E-state index contributed by atoms with van der Waals surface area (Å²) in [5.74, 6) is -0.863. The Morgan fingerprint density at radius 3 is 2.34 bits per heavy atom. The summed E-state index contributed by atoms with van der Waals surface area (Å²) in [6, 6.07) is 4.56. The number of halogens is 3. The molecule has 2 fully saturated rings. The number of rotatable bonds is 5. The SMILES string of the molecule is O=C(NC1CCCCC1)C1CCN(S(=O)(=O)c2cccc(OC(F)(F)F)c2)CC1. The van der Waals surface area contributed by atoms with E-state index in [4.69, 9.17) is 0 Å². The van der Waals surface area contributed by atoms with Gasteiger partial charge in [-0.25, -0.2) is 8.42 Å². The van der Waals surface area contributed by atoms with Crippen molar-refractivity contribution in [3.63, 3.8) is 0 Å². The number of carbonyl (C=O) groups excluding carboxylic acids is 1. The van der Waals surface area contributed by atoms with Gasteiger partial charge in [0.15, 0.2) is 0 Å². The van der Waals surface area contributed by atoms with Gasteiger partial charge in [-0.05, 0) is 37.8 Å². The lowest BCUT2D eigenvalue weighted by Crippen LogP contribution is -2.45. The first-order valence-electron chi connectivity index (χ1n) is 9.81. The maximum absolute atomic E-state index is 12.8. The number of nitrogens with one attached hydrogen (secondary N) is 1. The smallest absolute Gasteiger partial charge is 0.406 e. The van der Waals surface area contributed by atoms with Gasteiger partial charge in [0, 0.05) is 31.1 Å². The highest BCUT2D eigenvalue weighted by molar-refractivity contribution is 7.89. The molecule has 3 rings (SSSR count). The Labute approximate surface area is 168 Å². The topological polar surface area (TPSA) is 75.7 Å². The minimum atomic E-state index is -4.90. The minimum absolute atomic E-state index is 0.0328. The molecule has 2 aliphatic rings. The van der Waals surface area contributed by atoms with Crippen molar-refractivity contribution < 1.29 is 31.1 Å². The van der Waals surface area contributed by atoms with Crippen molar-refractivity contribution in [2.24, 2.45) is 5.92 Å². The van der Waals surface area contributed by atoms with E-state index in [-0.39, 0.29) is 35.9 Å². The summed E-state index contributed by atoms with van der Waals surface area (Å²) in [6.07, 6.45) is 1.25. The highest BCUT2D eigenvalue weighted by Crippen LogP contribution is 2.29. The third-order valence-corrected chi connectivity index (χ3v) is 7.35. The molecule has 1 aromatic rings. The number of benzene rings is 1. The Morgan fingerprint density at radius 2 is 1.72 bits per heavy atom. The normalized spacial score (nSPS) is 20.4. The summed E-state index contributed by atoms with van der Waals surface area (Å²) in [5, 5.41) is 3.07. The van der Waals surface area contributed by atoms with Gasteiger partial charge in [0.05, 0.1) is 4.90 Å². The van der Waals surface area contributed by atoms with Crippen LogP contribution in [0.4, 0.5) is 13.2 Å². The van der Waals surface area contributed by atoms with Gasteiger partial charge in [0.25, 0.3) is 0 Å². The van der Waals surface area contributed by atoms with Gasteiger partial charge < -0.3 is 10.1 Å². The predicted molar refractivity (Wildman–Crippen MR) is 99.6 cm³/mol. The van der Waals surface area contributed by atoms with E-state index in [1.807, 2.05) is 0 Å². The number of amides is 1. The summed E-state index contributed by atoms with van der Waals surface area (Å²) in [6.45, 7) is 0.297. The number of nitrogens with zero attached hydrogens (tertiary/aromatic N) is 1. The van der Waals surface area contributed by atoms with E-state index in [0.717, 1.165) is 37.8 Å². The third kappa shape index (κ3) is 5.85. The number of hydrogen-bond donors (Lipinski definition) is 1. The maximum atomic E-state index is 12.8. The molecule has 0 spiro atoms. The van der Waals surface area contributed by atoms with Gasteiger partial charge in [-0.15, -0.1) is 13.2 Å². The van der Waals surface area contributed by atoms with Crippen molar-refractivity contribution in [2.45, 2.75) is 62.2 Å². The molecular weight excluding hydrogens is 409 g/mol. The van der Waals surface area contributed by atoms with Gasteiger partial charge >= 0.3 is 6.36 Å². The molecule has 1 amide bonds. The molecule has 0 bridgehead atoms. The van der Waals surface area contributed by atoms with Crippen molar-refractivity contribution in [2.75, 3.05) is 13.1 Å². The monoisotopic (exact) mass is 434 g/mol. The fraction of sp³-hybridized carbons (Fsp3) is 0.632. The summed E-state index contributed by atoms with van der Waals surface area (Å²) in [7, 11) is -3.96. The first-order valence-corrected chi connectivity index (χ1v) is 11.3. The molecular formula is C19H25F3N2O4S. The number of carbonyl (C=O) groups is 1. The van der Waals surface area contributed by atoms with Crippen LogP contribution in [0.5, 0.6) is 5.75 Å². The number of alkyl halides is 3. The van der Waals surface area contributed by atoms with E-state index in [1.54, 1.807) is 0 Å². The van der Waals surface area contributed by atoms with E-state index in [1.165, 1.54) is 22.9 Å². The van der Waals surface area contributed by atoms with Crippen LogP contribution >= 0.6 is 0 Å². The fourth-order valence-electron chi connectivity index (χ4n) is 3.91. The van der Waals surface area contributed by atoms with Crippen molar-refractivity contribution in [3.8, 4) is 5.75 Å². The molecule has 1 aromatic carbocycles. The average molecular weight is 434 g/mol. The molecule has 0 atom stereocenters. The molecule has 29 heavy (non-hydrogen) atoms. The fourth-order valence-corrected chi connectivity index (χ4v) is 5.41. The van der Waals surface area contributed by atoms with Gasteiger partial charge in [0.2, 0.25) is 15.9 Å². The van der Waals surface area contributed by atoms with Crippen LogP contribution in [0, 0.1) is 5.92 Å². The molecule has 1 saturated carbocycles. The van der Waals surface area contributed by atoms with Crippen LogP contribution in [0.1, 0.15) is 44.9 Å². The summed E-state index contributed by atoms with van der Waals surface area (Å²) >= 11 is 0. The Morgan fingerprint density at radius 1 is 1.07 bits per heavy atom. The number of piperidine rings is 1. The van der Waals surface area contributed by atoms with Crippen LogP contribution in [-0.2, 0) is 14.8 Å². The van der Waals surface area contributed by atoms with Crippen LogP contribution in [0.2, 0.25) is 0 Å². The average Bonchev–Trinajstić information content (AvgIpc) is 2.68. The standard InChI is InChI=1S/C19H25F3N2O4S/c20-19(21,22)28-16-7-4-8-17(13-16)29(26,27)24-11-9-14(10-12-24)18(25)23-15-5-2-1-3-6-15/h4,7-8,13-15H,1-3,5-6,9-12H2,(H,23,25). The molecule has 162 valence electrons. The Balaban J connectivity index is 1.59. The highest BCUT2D eigenvalue weighted by atomic mass is 32.2. The lowest BCUT2D eigenvalue weighted by atomic mass is 9.93. The zero-order valence-electron chi connectivity index (χ0n) is 16.0. The van der Waals surface area contributed by atoms with Crippen molar-refractivity contribution in [1.29, 1.82) is 0 Å². The number of hydrogen-bond acceptors (Lipinski definition) is 4. The second-order valence-corrected chi connectivity index (χ2v) is 9.48. The van der Waals surface area contributed by atoms with Crippen molar-refractivity contribution in [1.82, 2.24) is 9.62 Å². The first-order chi connectivity index (χ1) is 13.6. The van der Waals surface area contributed by atoms with Gasteiger partial charge in [-0.1, -0.05) is 25.3 Å². The summed E-state index contributed by atoms with van der Waals surface area (Å²) < 4.78 is 67.8. The zero-order valence-corrected chi connectivity index (χ0v) is 16.8. The minimum Gasteiger partial charge on any atom is -0.406 e. The van der Waals surface area contributed by atoms with Crippen molar-refractivity contribution >= 4 is 15.9 Å². The van der Waals surface area contributed by atoms with Crippen LogP contribution < -0.4 is 10.1 Å². The second kappa shape index (κ2) is 8.91. The molecule has 0 radical (unpaired) electrons. The number of ether oxygens (including phenoxy) is 1. The number of sulfonamides is 1. The van der Waals surface area contributed by atoms with Crippen LogP contribution in [0.25, 0.3) is 0 Å². The molecule has 6 nitrogen and oxygen atoms in total. The van der Waals surface area contributed by atoms with E-state index in [2.05, 4.69) is 10.1 Å². The Hall–Kier alpha value is -1.81. The largest absolute Gasteiger partial charge is 0.573 e. The predicted octanol–water partition coefficient (Wildman–Crippen LogP) is 3.43. The van der Waals surface area contributed by atoms with Gasteiger partial charge in [0.1, 0.15) is 5.75 Å². The molecule has 10 heteroatoms. The third-order valence-electron chi connectivity index (χ3n) is 5.45. The summed E-state index contributed by atoms with van der Waals surface area (Å²) in [5.41, 5.74) is 0. The lowest BCUT2D eigenvalue weighted by molar-refractivity contribution is -0.274. The highest BCUT2D eigenvalue weighted by Gasteiger charge is 2.34. The Bertz CT molecular complexity index is 815. The van der Waals surface area contributed by atoms with Gasteiger partial charge in [-0.2, -0.15) is 4.31 Å². The first kappa shape index (κ1) is 21.9. The van der Waals surface area contributed by atoms with Crippen LogP contribution in [-0.4, -0.2) is 44.1 Å². The van der Waals surface area contributed by atoms with E-state index < -0.39 is 22.1 Å². The maximum Gasteiger partial charge on any atom is 0.573 e. The molecule has 0 aromatic heterocycles. The van der Waals surface area contributed by atoms with E-state index in [9.17, 15) is 26.4 Å². The van der Waals surface area contributed by atoms with Crippen molar-refractivity contribution in [3.05, 3.63) is 24.3 Å². The lowest BCUT2D eigenvalue weighted by Gasteiger charge is -2.32. The zero-order chi connectivity index (χ0) is 21.1. The molecule has 0 unspecified atom stereocenters. The molecule has 1 aliphatic carbocycles. The molecule has 1 heterocycles. The molecule has 1 N–H and O–H groups in total. The second-order valence-electron chi connectivity index (χ2n) is 7.54. The summed E-state index contributed by atoms with van der Waals surface area (Å²) in [4.78, 5) is 12.2. The molecule has 1 aliphatic heterocycles. The quantitative estimate of drug-likeness (QED) is 0.771. The molecule has 1 saturated heterocycles. The Kier molecular flexibility index (Phi) is 6.72. The van der Waals surface area contributed by atoms with Gasteiger partial charge in [-0.3, -0.25) is 4.79 Å². The van der Waals surface area contributed by atoms with Crippen LogP contribution in [0.3, 0.4) is 0 Å². The van der Waals surface area contributed by atoms with E-state index >= 15 is 0 Å².